The molecule has 28 heavy (non-hydrogen) atoms. The zero-order chi connectivity index (χ0) is 20.1. The summed E-state index contributed by atoms with van der Waals surface area (Å²) in [4.78, 5) is 4.47. The van der Waals surface area contributed by atoms with Gasteiger partial charge in [-0.15, -0.1) is 0 Å². The predicted molar refractivity (Wildman–Crippen MR) is 109 cm³/mol. The first-order chi connectivity index (χ1) is 13.4. The van der Waals surface area contributed by atoms with Crippen molar-refractivity contribution in [3.8, 4) is 11.5 Å². The van der Waals surface area contributed by atoms with E-state index in [0.29, 0.717) is 28.7 Å². The number of hydrogen-bond donors (Lipinski definition) is 2. The fourth-order valence-corrected chi connectivity index (χ4v) is 3.72. The summed E-state index contributed by atoms with van der Waals surface area (Å²) in [6.45, 7) is 1.84. The molecule has 146 valence electrons. The first-order valence-corrected chi connectivity index (χ1v) is 9.94. The van der Waals surface area contributed by atoms with E-state index in [2.05, 4.69) is 15.0 Å². The molecule has 3 rings (SSSR count). The summed E-state index contributed by atoms with van der Waals surface area (Å²) in [7, 11) is -0.519. The van der Waals surface area contributed by atoms with Crippen molar-refractivity contribution in [3.05, 3.63) is 66.4 Å². The van der Waals surface area contributed by atoms with E-state index in [1.165, 1.54) is 6.20 Å². The van der Waals surface area contributed by atoms with Crippen LogP contribution in [0.4, 0.5) is 17.2 Å². The average Bonchev–Trinajstić information content (AvgIpc) is 2.69. The summed E-state index contributed by atoms with van der Waals surface area (Å²) < 4.78 is 38.1. The van der Waals surface area contributed by atoms with E-state index in [1.807, 2.05) is 13.0 Å². The summed E-state index contributed by atoms with van der Waals surface area (Å²) in [5.41, 5.74) is 1.92. The molecule has 8 heteroatoms. The molecule has 7 nitrogen and oxygen atoms in total. The molecule has 0 fully saturated rings. The zero-order valence-electron chi connectivity index (χ0n) is 15.8. The Labute approximate surface area is 164 Å². The lowest BCUT2D eigenvalue weighted by Gasteiger charge is -2.13. The van der Waals surface area contributed by atoms with Gasteiger partial charge in [0.2, 0.25) is 0 Å². The van der Waals surface area contributed by atoms with Gasteiger partial charge in [0, 0.05) is 6.07 Å². The Morgan fingerprint density at radius 3 is 2.43 bits per heavy atom. The van der Waals surface area contributed by atoms with Crippen LogP contribution < -0.4 is 19.5 Å². The third-order valence-corrected chi connectivity index (χ3v) is 5.36. The van der Waals surface area contributed by atoms with Crippen LogP contribution in [0.1, 0.15) is 5.56 Å². The van der Waals surface area contributed by atoms with Crippen LogP contribution in [0, 0.1) is 6.92 Å². The second-order valence-corrected chi connectivity index (χ2v) is 7.73. The summed E-state index contributed by atoms with van der Waals surface area (Å²) in [6.07, 6.45) is 1.45. The van der Waals surface area contributed by atoms with E-state index < -0.39 is 10.0 Å². The Bertz CT molecular complexity index is 1070. The Morgan fingerprint density at radius 2 is 1.79 bits per heavy atom. The normalized spacial score (nSPS) is 11.0. The summed E-state index contributed by atoms with van der Waals surface area (Å²) in [5.74, 6) is 1.84. The lowest BCUT2D eigenvalue weighted by atomic mass is 10.2. The number of rotatable bonds is 7. The van der Waals surface area contributed by atoms with E-state index in [0.717, 1.165) is 5.56 Å². The number of benzene rings is 2. The molecule has 0 saturated carbocycles. The number of aryl methyl sites for hydroxylation is 1. The van der Waals surface area contributed by atoms with Gasteiger partial charge < -0.3 is 14.8 Å². The van der Waals surface area contributed by atoms with Gasteiger partial charge in [-0.25, -0.2) is 13.4 Å². The maximum Gasteiger partial charge on any atom is 0.261 e. The van der Waals surface area contributed by atoms with Crippen LogP contribution in [0.2, 0.25) is 0 Å². The third kappa shape index (κ3) is 4.52. The number of nitrogens with one attached hydrogen (secondary N) is 2. The highest BCUT2D eigenvalue weighted by Crippen LogP contribution is 2.31. The zero-order valence-corrected chi connectivity index (χ0v) is 16.6. The number of hydrogen-bond acceptors (Lipinski definition) is 6. The maximum absolute atomic E-state index is 12.5. The molecule has 0 radical (unpaired) electrons. The van der Waals surface area contributed by atoms with Crippen molar-refractivity contribution < 1.29 is 17.9 Å². The minimum atomic E-state index is -3.67. The van der Waals surface area contributed by atoms with Gasteiger partial charge in [-0.2, -0.15) is 0 Å². The molecule has 1 aromatic heterocycles. The molecule has 0 saturated heterocycles. The van der Waals surface area contributed by atoms with E-state index in [4.69, 9.17) is 9.47 Å². The summed E-state index contributed by atoms with van der Waals surface area (Å²) >= 11 is 0. The summed E-state index contributed by atoms with van der Waals surface area (Å²) in [5, 5.41) is 3.13. The van der Waals surface area contributed by atoms with E-state index in [-0.39, 0.29) is 4.90 Å². The highest BCUT2D eigenvalue weighted by molar-refractivity contribution is 7.92. The molecule has 0 atom stereocenters. The van der Waals surface area contributed by atoms with Crippen molar-refractivity contribution in [3.63, 3.8) is 0 Å². The Balaban J connectivity index is 1.77. The molecule has 0 bridgehead atoms. The van der Waals surface area contributed by atoms with Gasteiger partial charge in [0.15, 0.2) is 0 Å². The van der Waals surface area contributed by atoms with Gasteiger partial charge in [-0.1, -0.05) is 12.1 Å². The van der Waals surface area contributed by atoms with Gasteiger partial charge in [0.25, 0.3) is 10.0 Å². The van der Waals surface area contributed by atoms with Gasteiger partial charge in [-0.05, 0) is 48.9 Å². The second kappa shape index (κ2) is 8.18. The standard InChI is InChI=1S/C20H21N3O4S/c1-14-5-4-6-17(11-14)28(24,25)23-15-7-10-20(21-13-15)22-18-12-16(26-2)8-9-19(18)27-3/h4-13,23H,1-3H3,(H,21,22). The van der Waals surface area contributed by atoms with Crippen molar-refractivity contribution >= 4 is 27.2 Å². The quantitative estimate of drug-likeness (QED) is 0.625. The first-order valence-electron chi connectivity index (χ1n) is 8.46. The predicted octanol–water partition coefficient (Wildman–Crippen LogP) is 3.95. The number of nitrogens with zero attached hydrogens (tertiary/aromatic N) is 1. The van der Waals surface area contributed by atoms with Gasteiger partial charge >= 0.3 is 0 Å². The van der Waals surface area contributed by atoms with Crippen LogP contribution in [0.15, 0.2) is 65.7 Å². The van der Waals surface area contributed by atoms with E-state index in [1.54, 1.807) is 62.8 Å². The van der Waals surface area contributed by atoms with Crippen molar-refractivity contribution in [2.24, 2.45) is 0 Å². The molecular weight excluding hydrogens is 378 g/mol. The third-order valence-electron chi connectivity index (χ3n) is 3.98. The molecule has 0 amide bonds. The SMILES string of the molecule is COc1ccc(OC)c(Nc2ccc(NS(=O)(=O)c3cccc(C)c3)cn2)c1. The number of methoxy groups -OCH3 is 2. The van der Waals surface area contributed by atoms with Crippen molar-refractivity contribution in [1.82, 2.24) is 4.98 Å². The summed E-state index contributed by atoms with van der Waals surface area (Å²) in [6, 6.07) is 15.4. The molecular formula is C20H21N3O4S. The van der Waals surface area contributed by atoms with Crippen LogP contribution in [0.5, 0.6) is 11.5 Å². The fourth-order valence-electron chi connectivity index (χ4n) is 2.57. The Morgan fingerprint density at radius 1 is 0.964 bits per heavy atom. The van der Waals surface area contributed by atoms with E-state index in [9.17, 15) is 8.42 Å². The monoisotopic (exact) mass is 399 g/mol. The van der Waals surface area contributed by atoms with E-state index >= 15 is 0 Å². The number of sulfonamides is 1. The number of ether oxygens (including phenoxy) is 2. The molecule has 0 aliphatic rings. The smallest absolute Gasteiger partial charge is 0.261 e. The molecule has 2 aromatic carbocycles. The molecule has 0 aliphatic carbocycles. The second-order valence-electron chi connectivity index (χ2n) is 6.05. The lowest BCUT2D eigenvalue weighted by molar-refractivity contribution is 0.405. The number of anilines is 3. The molecule has 0 unspecified atom stereocenters. The molecule has 3 aromatic rings. The largest absolute Gasteiger partial charge is 0.497 e. The molecule has 0 aliphatic heterocycles. The minimum absolute atomic E-state index is 0.204. The number of pyridine rings is 1. The fraction of sp³-hybridized carbons (Fsp3) is 0.150. The van der Waals surface area contributed by atoms with Gasteiger partial charge in [0.1, 0.15) is 17.3 Å². The molecule has 0 spiro atoms. The van der Waals surface area contributed by atoms with Gasteiger partial charge in [-0.3, -0.25) is 4.72 Å². The first kappa shape index (κ1) is 19.5. The van der Waals surface area contributed by atoms with Crippen molar-refractivity contribution in [1.29, 1.82) is 0 Å². The van der Waals surface area contributed by atoms with Crippen molar-refractivity contribution in [2.45, 2.75) is 11.8 Å². The Kier molecular flexibility index (Phi) is 5.70. The Hall–Kier alpha value is -3.26. The minimum Gasteiger partial charge on any atom is -0.497 e. The average molecular weight is 399 g/mol. The van der Waals surface area contributed by atoms with Crippen LogP contribution >= 0.6 is 0 Å². The van der Waals surface area contributed by atoms with Crippen LogP contribution in [-0.2, 0) is 10.0 Å². The number of aromatic nitrogens is 1. The maximum atomic E-state index is 12.5. The topological polar surface area (TPSA) is 89.5 Å². The van der Waals surface area contributed by atoms with Crippen LogP contribution in [-0.4, -0.2) is 27.6 Å². The highest BCUT2D eigenvalue weighted by Gasteiger charge is 2.14. The van der Waals surface area contributed by atoms with Crippen LogP contribution in [0.3, 0.4) is 0 Å². The molecule has 2 N–H and O–H groups in total. The van der Waals surface area contributed by atoms with Gasteiger partial charge in [0.05, 0.1) is 36.7 Å². The molecule has 1 heterocycles. The highest BCUT2D eigenvalue weighted by atomic mass is 32.2. The lowest BCUT2D eigenvalue weighted by Crippen LogP contribution is -2.13. The van der Waals surface area contributed by atoms with Crippen LogP contribution in [0.25, 0.3) is 0 Å². The van der Waals surface area contributed by atoms with Crippen molar-refractivity contribution in [2.75, 3.05) is 24.3 Å².